The van der Waals surface area contributed by atoms with Crippen LogP contribution in [0.2, 0.25) is 0 Å². The molecule has 0 bridgehead atoms. The summed E-state index contributed by atoms with van der Waals surface area (Å²) in [6.45, 7) is 4.63. The molecule has 0 spiro atoms. The molecule has 0 unspecified atom stereocenters. The highest BCUT2D eigenvalue weighted by Crippen LogP contribution is 2.05. The normalized spacial score (nSPS) is 10.5. The van der Waals surface area contributed by atoms with Crippen LogP contribution < -0.4 is 5.32 Å². The molecule has 0 radical (unpaired) electrons. The van der Waals surface area contributed by atoms with Gasteiger partial charge in [0, 0.05) is 31.3 Å². The average molecular weight is 271 g/mol. The Kier molecular flexibility index (Phi) is 4.93. The Bertz CT molecular complexity index is 557. The van der Waals surface area contributed by atoms with Gasteiger partial charge in [0.15, 0.2) is 0 Å². The van der Waals surface area contributed by atoms with Crippen molar-refractivity contribution in [3.05, 3.63) is 53.1 Å². The van der Waals surface area contributed by atoms with Crippen LogP contribution >= 0.6 is 0 Å². The van der Waals surface area contributed by atoms with Crippen molar-refractivity contribution in [2.24, 2.45) is 0 Å². The van der Waals surface area contributed by atoms with E-state index in [1.807, 2.05) is 13.1 Å². The molecular formula is C16H21N3O. The van der Waals surface area contributed by atoms with Crippen LogP contribution in [0.1, 0.15) is 29.1 Å². The third-order valence-electron chi connectivity index (χ3n) is 3.23. The Balaban J connectivity index is 1.66. The third kappa shape index (κ3) is 4.53. The highest BCUT2D eigenvalue weighted by molar-refractivity contribution is 5.76. The number of benzene rings is 1. The SMILES string of the molecule is Cc1ccc(CCC(=O)NCCc2cnc(C)[nH]2)cc1. The number of nitrogens with one attached hydrogen (secondary N) is 2. The molecule has 0 aliphatic heterocycles. The van der Waals surface area contributed by atoms with Crippen LogP contribution in [0.25, 0.3) is 0 Å². The maximum absolute atomic E-state index is 11.7. The molecule has 0 aliphatic carbocycles. The molecule has 106 valence electrons. The first-order chi connectivity index (χ1) is 9.63. The lowest BCUT2D eigenvalue weighted by atomic mass is 10.1. The number of carbonyl (C=O) groups excluding carboxylic acids is 1. The molecule has 2 rings (SSSR count). The van der Waals surface area contributed by atoms with Crippen LogP contribution in [-0.4, -0.2) is 22.4 Å². The molecule has 4 nitrogen and oxygen atoms in total. The second-order valence-corrected chi connectivity index (χ2v) is 5.08. The summed E-state index contributed by atoms with van der Waals surface area (Å²) in [5.41, 5.74) is 3.50. The first-order valence-electron chi connectivity index (χ1n) is 6.96. The molecular weight excluding hydrogens is 250 g/mol. The van der Waals surface area contributed by atoms with Crippen molar-refractivity contribution in [3.63, 3.8) is 0 Å². The standard InChI is InChI=1S/C16H21N3O/c1-12-3-5-14(6-4-12)7-8-16(20)17-10-9-15-11-18-13(2)19-15/h3-6,11H,7-10H2,1-2H3,(H,17,20)(H,18,19). The van der Waals surface area contributed by atoms with Crippen LogP contribution in [0.3, 0.4) is 0 Å². The van der Waals surface area contributed by atoms with E-state index in [1.165, 1.54) is 11.1 Å². The number of hydrogen-bond donors (Lipinski definition) is 2. The number of hydrogen-bond acceptors (Lipinski definition) is 2. The van der Waals surface area contributed by atoms with E-state index in [1.54, 1.807) is 0 Å². The second kappa shape index (κ2) is 6.89. The lowest BCUT2D eigenvalue weighted by Gasteiger charge is -2.05. The summed E-state index contributed by atoms with van der Waals surface area (Å²) < 4.78 is 0. The van der Waals surface area contributed by atoms with E-state index >= 15 is 0 Å². The highest BCUT2D eigenvalue weighted by atomic mass is 16.1. The minimum atomic E-state index is 0.0989. The molecule has 20 heavy (non-hydrogen) atoms. The lowest BCUT2D eigenvalue weighted by molar-refractivity contribution is -0.121. The minimum Gasteiger partial charge on any atom is -0.356 e. The Morgan fingerprint density at radius 2 is 1.95 bits per heavy atom. The molecule has 0 saturated carbocycles. The van der Waals surface area contributed by atoms with E-state index in [0.717, 1.165) is 24.4 Å². The zero-order valence-corrected chi connectivity index (χ0v) is 12.1. The fourth-order valence-electron chi connectivity index (χ4n) is 2.04. The van der Waals surface area contributed by atoms with Gasteiger partial charge in [-0.15, -0.1) is 0 Å². The predicted molar refractivity (Wildman–Crippen MR) is 79.5 cm³/mol. The van der Waals surface area contributed by atoms with Crippen LogP contribution in [-0.2, 0) is 17.6 Å². The fraction of sp³-hybridized carbons (Fsp3) is 0.375. The van der Waals surface area contributed by atoms with E-state index in [0.29, 0.717) is 13.0 Å². The van der Waals surface area contributed by atoms with Crippen LogP contribution in [0.15, 0.2) is 30.5 Å². The maximum Gasteiger partial charge on any atom is 0.220 e. The topological polar surface area (TPSA) is 57.8 Å². The monoisotopic (exact) mass is 271 g/mol. The Hall–Kier alpha value is -2.10. The summed E-state index contributed by atoms with van der Waals surface area (Å²) >= 11 is 0. The van der Waals surface area contributed by atoms with Crippen molar-refractivity contribution in [1.82, 2.24) is 15.3 Å². The number of amides is 1. The summed E-state index contributed by atoms with van der Waals surface area (Å²) in [6.07, 6.45) is 3.92. The van der Waals surface area contributed by atoms with Gasteiger partial charge in [0.25, 0.3) is 0 Å². The number of aromatic amines is 1. The smallest absolute Gasteiger partial charge is 0.220 e. The summed E-state index contributed by atoms with van der Waals surface area (Å²) in [5.74, 6) is 1.01. The zero-order chi connectivity index (χ0) is 14.4. The van der Waals surface area contributed by atoms with E-state index in [-0.39, 0.29) is 5.91 Å². The Labute approximate surface area is 119 Å². The summed E-state index contributed by atoms with van der Waals surface area (Å²) in [6, 6.07) is 8.31. The number of rotatable bonds is 6. The van der Waals surface area contributed by atoms with Crippen molar-refractivity contribution in [2.75, 3.05) is 6.54 Å². The van der Waals surface area contributed by atoms with Gasteiger partial charge in [0.05, 0.1) is 0 Å². The Morgan fingerprint density at radius 1 is 1.20 bits per heavy atom. The fourth-order valence-corrected chi connectivity index (χ4v) is 2.04. The van der Waals surface area contributed by atoms with Gasteiger partial charge >= 0.3 is 0 Å². The predicted octanol–water partition coefficient (Wildman–Crippen LogP) is 2.32. The van der Waals surface area contributed by atoms with Gasteiger partial charge in [-0.3, -0.25) is 4.79 Å². The summed E-state index contributed by atoms with van der Waals surface area (Å²) in [7, 11) is 0. The van der Waals surface area contributed by atoms with E-state index in [9.17, 15) is 4.79 Å². The molecule has 1 amide bonds. The number of carbonyl (C=O) groups is 1. The van der Waals surface area contributed by atoms with Crippen molar-refractivity contribution in [3.8, 4) is 0 Å². The zero-order valence-electron chi connectivity index (χ0n) is 12.1. The number of aromatic nitrogens is 2. The molecule has 0 aliphatic rings. The molecule has 1 aromatic carbocycles. The Morgan fingerprint density at radius 3 is 2.60 bits per heavy atom. The maximum atomic E-state index is 11.7. The summed E-state index contributed by atoms with van der Waals surface area (Å²) in [4.78, 5) is 19.0. The molecule has 1 aromatic heterocycles. The minimum absolute atomic E-state index is 0.0989. The van der Waals surface area contributed by atoms with Crippen molar-refractivity contribution < 1.29 is 4.79 Å². The quantitative estimate of drug-likeness (QED) is 0.847. The average Bonchev–Trinajstić information content (AvgIpc) is 2.84. The molecule has 0 fully saturated rings. The van der Waals surface area contributed by atoms with Crippen LogP contribution in [0.5, 0.6) is 0 Å². The van der Waals surface area contributed by atoms with E-state index < -0.39 is 0 Å². The lowest BCUT2D eigenvalue weighted by Crippen LogP contribution is -2.25. The van der Waals surface area contributed by atoms with Crippen molar-refractivity contribution >= 4 is 5.91 Å². The van der Waals surface area contributed by atoms with Gasteiger partial charge in [0.1, 0.15) is 5.82 Å². The molecule has 1 heterocycles. The van der Waals surface area contributed by atoms with Gasteiger partial charge in [-0.25, -0.2) is 4.98 Å². The third-order valence-corrected chi connectivity index (χ3v) is 3.23. The van der Waals surface area contributed by atoms with Gasteiger partial charge < -0.3 is 10.3 Å². The van der Waals surface area contributed by atoms with Gasteiger partial charge in [-0.2, -0.15) is 0 Å². The number of aryl methyl sites for hydroxylation is 3. The first kappa shape index (κ1) is 14.3. The largest absolute Gasteiger partial charge is 0.356 e. The van der Waals surface area contributed by atoms with E-state index in [2.05, 4.69) is 46.5 Å². The molecule has 4 heteroatoms. The molecule has 0 saturated heterocycles. The highest BCUT2D eigenvalue weighted by Gasteiger charge is 2.03. The number of nitrogens with zero attached hydrogens (tertiary/aromatic N) is 1. The number of imidazole rings is 1. The van der Waals surface area contributed by atoms with E-state index in [4.69, 9.17) is 0 Å². The molecule has 2 N–H and O–H groups in total. The van der Waals surface area contributed by atoms with Crippen molar-refractivity contribution in [2.45, 2.75) is 33.1 Å². The van der Waals surface area contributed by atoms with Gasteiger partial charge in [-0.1, -0.05) is 29.8 Å². The van der Waals surface area contributed by atoms with Crippen molar-refractivity contribution in [1.29, 1.82) is 0 Å². The second-order valence-electron chi connectivity index (χ2n) is 5.08. The first-order valence-corrected chi connectivity index (χ1v) is 6.96. The number of H-pyrrole nitrogens is 1. The summed E-state index contributed by atoms with van der Waals surface area (Å²) in [5, 5.41) is 2.94. The van der Waals surface area contributed by atoms with Gasteiger partial charge in [0.2, 0.25) is 5.91 Å². The molecule has 0 atom stereocenters. The molecule has 2 aromatic rings. The van der Waals surface area contributed by atoms with Crippen LogP contribution in [0, 0.1) is 13.8 Å². The van der Waals surface area contributed by atoms with Gasteiger partial charge in [-0.05, 0) is 25.8 Å². The van der Waals surface area contributed by atoms with Crippen LogP contribution in [0.4, 0.5) is 0 Å².